The van der Waals surface area contributed by atoms with E-state index in [2.05, 4.69) is 81.4 Å². The molecule has 2 N–H and O–H groups in total. The van der Waals surface area contributed by atoms with Crippen molar-refractivity contribution in [1.29, 1.82) is 0 Å². The Morgan fingerprint density at radius 3 is 2.33 bits per heavy atom. The molecule has 4 bridgehead atoms. The predicted molar refractivity (Wildman–Crippen MR) is 205 cm³/mol. The zero-order chi connectivity index (χ0) is 36.8. The van der Waals surface area contributed by atoms with Gasteiger partial charge in [-0.3, -0.25) is 9.78 Å². The van der Waals surface area contributed by atoms with Crippen molar-refractivity contribution in [1.82, 2.24) is 19.7 Å². The second-order valence-electron chi connectivity index (χ2n) is 16.6. The molecule has 1 aromatic carbocycles. The highest BCUT2D eigenvalue weighted by Crippen LogP contribution is 2.42. The molecule has 1 amide bonds. The first kappa shape index (κ1) is 36.2. The molecule has 2 atom stereocenters. The molecule has 1 saturated heterocycles. The Kier molecular flexibility index (Phi) is 9.61. The fourth-order valence-corrected chi connectivity index (χ4v) is 8.11. The molecule has 5 heterocycles. The molecule has 1 fully saturated rings. The van der Waals surface area contributed by atoms with Gasteiger partial charge in [0.15, 0.2) is 5.03 Å². The van der Waals surface area contributed by atoms with Gasteiger partial charge < -0.3 is 10.2 Å². The first-order valence-electron chi connectivity index (χ1n) is 17.7. The highest BCUT2D eigenvalue weighted by Gasteiger charge is 2.42. The number of carbonyl (C=O) groups excluding carboxylic acids is 1. The van der Waals surface area contributed by atoms with Crippen LogP contribution in [0.3, 0.4) is 0 Å². The van der Waals surface area contributed by atoms with E-state index in [1.807, 2.05) is 54.7 Å². The average Bonchev–Trinajstić information content (AvgIpc) is 3.38. The van der Waals surface area contributed by atoms with Crippen LogP contribution in [0.5, 0.6) is 0 Å². The van der Waals surface area contributed by atoms with Gasteiger partial charge in [-0.25, -0.2) is 14.7 Å². The van der Waals surface area contributed by atoms with E-state index in [1.165, 1.54) is 11.6 Å². The van der Waals surface area contributed by atoms with E-state index < -0.39 is 15.9 Å². The Balaban J connectivity index is 1.49. The van der Waals surface area contributed by atoms with Crippen LogP contribution in [0.25, 0.3) is 12.2 Å². The van der Waals surface area contributed by atoms with Crippen LogP contribution in [0.2, 0.25) is 0 Å². The van der Waals surface area contributed by atoms with E-state index in [4.69, 9.17) is 9.97 Å². The van der Waals surface area contributed by atoms with Crippen molar-refractivity contribution >= 4 is 39.7 Å². The molecular weight excluding hydrogens is 657 g/mol. The average molecular weight is 707 g/mol. The summed E-state index contributed by atoms with van der Waals surface area (Å²) in [4.78, 5) is 31.0. The molecule has 0 saturated carbocycles. The number of nitrogens with zero attached hydrogens (tertiary/aromatic N) is 4. The number of benzene rings is 1. The van der Waals surface area contributed by atoms with E-state index in [0.717, 1.165) is 41.8 Å². The zero-order valence-corrected chi connectivity index (χ0v) is 31.8. The number of amides is 1. The van der Waals surface area contributed by atoms with Gasteiger partial charge in [0, 0.05) is 23.7 Å². The number of hydrogen-bond donors (Lipinski definition) is 2. The molecule has 51 heavy (non-hydrogen) atoms. The maximum Gasteiger partial charge on any atom is 0.281 e. The molecule has 10 heteroatoms. The number of hydrogen-bond acceptors (Lipinski definition) is 8. The van der Waals surface area contributed by atoms with Gasteiger partial charge in [-0.05, 0) is 91.5 Å². The minimum atomic E-state index is -4.36. The third-order valence-electron chi connectivity index (χ3n) is 9.87. The molecular formula is C41H50N6O3S. The van der Waals surface area contributed by atoms with Crippen molar-refractivity contribution in [2.24, 2.45) is 5.92 Å². The Morgan fingerprint density at radius 1 is 0.882 bits per heavy atom. The largest absolute Gasteiger partial charge is 0.362 e. The standard InChI is InChI=1S/C41H50N6O3S/c1-39(2,3)30-21-22-42-33(24-30)32-20-18-28-25-41(7,8)47(26-28)37-31(38(48)46-51(49,50)35-16-12-15-34(43-32)44-35)23-29(36(45-37)40(4,5)6)19-17-27-13-10-9-11-14-27/h9-17,19,21-24,28,32H,18,20,25-26H2,1-8H3,(H,43,44)(H,46,48)/b19-17+/t28-,32?/m0/s1. The van der Waals surface area contributed by atoms with Crippen LogP contribution in [0.15, 0.2) is 78.0 Å². The summed E-state index contributed by atoms with van der Waals surface area (Å²) in [5, 5.41) is 3.25. The first-order chi connectivity index (χ1) is 23.9. The van der Waals surface area contributed by atoms with Crippen LogP contribution in [0, 0.1) is 5.92 Å². The number of sulfonamides is 1. The molecule has 2 aliphatic rings. The number of rotatable bonds is 3. The fraction of sp³-hybridized carbons (Fsp3) is 0.415. The van der Waals surface area contributed by atoms with Crippen molar-refractivity contribution in [3.63, 3.8) is 0 Å². The van der Waals surface area contributed by atoms with Gasteiger partial charge in [0.25, 0.3) is 15.9 Å². The quantitative estimate of drug-likeness (QED) is 0.219. The van der Waals surface area contributed by atoms with Crippen molar-refractivity contribution in [3.8, 4) is 0 Å². The summed E-state index contributed by atoms with van der Waals surface area (Å²) in [5.74, 6) is 0.425. The summed E-state index contributed by atoms with van der Waals surface area (Å²) >= 11 is 0. The van der Waals surface area contributed by atoms with Gasteiger partial charge in [-0.1, -0.05) is 90.1 Å². The SMILES string of the molecule is CC(C)(C)c1ccnc(C2CC[C@@H]3CN(c4nc(C(C)(C)C)c(/C=C/c5ccccc5)cc4C(=O)NS(=O)(=O)c4cccc(n4)N2)C(C)(C)C3)c1. The molecule has 2 aliphatic heterocycles. The third kappa shape index (κ3) is 8.01. The molecule has 1 unspecified atom stereocenters. The van der Waals surface area contributed by atoms with Gasteiger partial charge in [-0.2, -0.15) is 8.42 Å². The Hall–Kier alpha value is -4.57. The van der Waals surface area contributed by atoms with Gasteiger partial charge >= 0.3 is 0 Å². The smallest absolute Gasteiger partial charge is 0.281 e. The van der Waals surface area contributed by atoms with Crippen LogP contribution in [0.4, 0.5) is 11.6 Å². The number of aromatic nitrogens is 3. The zero-order valence-electron chi connectivity index (χ0n) is 31.0. The van der Waals surface area contributed by atoms with Gasteiger partial charge in [0.05, 0.1) is 23.0 Å². The van der Waals surface area contributed by atoms with Crippen LogP contribution in [-0.2, 0) is 20.9 Å². The predicted octanol–water partition coefficient (Wildman–Crippen LogP) is 8.31. The minimum Gasteiger partial charge on any atom is -0.362 e. The molecule has 9 nitrogen and oxygen atoms in total. The maximum atomic E-state index is 14.2. The second kappa shape index (κ2) is 13.5. The van der Waals surface area contributed by atoms with Gasteiger partial charge in [0.2, 0.25) is 0 Å². The summed E-state index contributed by atoms with van der Waals surface area (Å²) in [5.41, 5.74) is 4.04. The first-order valence-corrected chi connectivity index (χ1v) is 19.2. The van der Waals surface area contributed by atoms with Crippen molar-refractivity contribution in [3.05, 3.63) is 107 Å². The summed E-state index contributed by atoms with van der Waals surface area (Å²) in [6.07, 6.45) is 8.29. The molecule has 268 valence electrons. The van der Waals surface area contributed by atoms with E-state index in [0.29, 0.717) is 18.2 Å². The highest BCUT2D eigenvalue weighted by atomic mass is 32.2. The van der Waals surface area contributed by atoms with E-state index in [9.17, 15) is 13.2 Å². The summed E-state index contributed by atoms with van der Waals surface area (Å²) in [6.45, 7) is 17.9. The van der Waals surface area contributed by atoms with Crippen LogP contribution >= 0.6 is 0 Å². The van der Waals surface area contributed by atoms with Gasteiger partial charge in [0.1, 0.15) is 11.6 Å². The highest BCUT2D eigenvalue weighted by molar-refractivity contribution is 7.90. The topological polar surface area (TPSA) is 117 Å². The Labute approximate surface area is 303 Å². The lowest BCUT2D eigenvalue weighted by Crippen LogP contribution is -2.41. The number of nitrogens with one attached hydrogen (secondary N) is 2. The van der Waals surface area contributed by atoms with Crippen molar-refractivity contribution < 1.29 is 13.2 Å². The number of pyridine rings is 3. The van der Waals surface area contributed by atoms with E-state index >= 15 is 0 Å². The molecule has 0 radical (unpaired) electrons. The fourth-order valence-electron chi connectivity index (χ4n) is 7.18. The van der Waals surface area contributed by atoms with Gasteiger partial charge in [-0.15, -0.1) is 0 Å². The lowest BCUT2D eigenvalue weighted by Gasteiger charge is -2.35. The summed E-state index contributed by atoms with van der Waals surface area (Å²) in [7, 11) is -4.36. The van der Waals surface area contributed by atoms with E-state index in [-0.39, 0.29) is 38.9 Å². The molecule has 6 rings (SSSR count). The van der Waals surface area contributed by atoms with Crippen LogP contribution < -0.4 is 14.9 Å². The second-order valence-corrected chi connectivity index (χ2v) is 18.2. The lowest BCUT2D eigenvalue weighted by molar-refractivity contribution is 0.0981. The number of fused-ring (bicyclic) bond motifs is 6. The minimum absolute atomic E-state index is 0.0680. The number of anilines is 2. The summed E-state index contributed by atoms with van der Waals surface area (Å²) < 4.78 is 30.1. The summed E-state index contributed by atoms with van der Waals surface area (Å²) in [6, 6.07) is 20.5. The molecule has 4 aromatic rings. The van der Waals surface area contributed by atoms with Crippen molar-refractivity contribution in [2.45, 2.75) is 102 Å². The molecule has 3 aromatic heterocycles. The monoisotopic (exact) mass is 706 g/mol. The third-order valence-corrected chi connectivity index (χ3v) is 11.1. The Morgan fingerprint density at radius 2 is 1.63 bits per heavy atom. The van der Waals surface area contributed by atoms with Crippen LogP contribution in [0.1, 0.15) is 119 Å². The number of carbonyl (C=O) groups is 1. The van der Waals surface area contributed by atoms with Crippen molar-refractivity contribution in [2.75, 3.05) is 16.8 Å². The molecule has 0 spiro atoms. The Bertz CT molecular complexity index is 2060. The normalized spacial score (nSPS) is 20.5. The van der Waals surface area contributed by atoms with E-state index in [1.54, 1.807) is 18.2 Å². The lowest BCUT2D eigenvalue weighted by atomic mass is 9.86. The maximum absolute atomic E-state index is 14.2. The van der Waals surface area contributed by atoms with Crippen LogP contribution in [-0.4, -0.2) is 41.4 Å². The molecule has 0 aliphatic carbocycles.